The van der Waals surface area contributed by atoms with Crippen LogP contribution in [0.2, 0.25) is 0 Å². The molecule has 0 N–H and O–H groups in total. The van der Waals surface area contributed by atoms with Crippen molar-refractivity contribution in [3.63, 3.8) is 0 Å². The molecule has 0 amide bonds. The summed E-state index contributed by atoms with van der Waals surface area (Å²) in [4.78, 5) is 23.1. The second kappa shape index (κ2) is 3.56. The van der Waals surface area contributed by atoms with Gasteiger partial charge < -0.3 is 9.47 Å². The van der Waals surface area contributed by atoms with Crippen molar-refractivity contribution in [3.8, 4) is 0 Å². The van der Waals surface area contributed by atoms with Crippen LogP contribution in [-0.2, 0) is 24.8 Å². The maximum Gasteiger partial charge on any atom is 0.338 e. The van der Waals surface area contributed by atoms with Crippen LogP contribution in [0.4, 0.5) is 0 Å². The summed E-state index contributed by atoms with van der Waals surface area (Å²) in [5.41, 5.74) is 0.484. The predicted octanol–water partition coefficient (Wildman–Crippen LogP) is 1.91. The van der Waals surface area contributed by atoms with E-state index in [1.54, 1.807) is 6.07 Å². The SMILES string of the molecule is C[C@@]12CC[C@H]3OC(=O)c4ccccc4[C@]3(CO1)OO2. The number of carbonyl (C=O) groups excluding carboxylic acids is 1. The number of ether oxygens (including phenoxy) is 2. The van der Waals surface area contributed by atoms with Crippen LogP contribution in [0, 0.1) is 0 Å². The lowest BCUT2D eigenvalue weighted by molar-refractivity contribution is -0.511. The van der Waals surface area contributed by atoms with E-state index in [4.69, 9.17) is 19.2 Å². The van der Waals surface area contributed by atoms with E-state index in [0.717, 1.165) is 5.56 Å². The Morgan fingerprint density at radius 2 is 2.11 bits per heavy atom. The maximum absolute atomic E-state index is 12.0. The molecule has 3 atom stereocenters. The second-order valence-corrected chi connectivity index (χ2v) is 5.46. The molecule has 5 rings (SSSR count). The van der Waals surface area contributed by atoms with Crippen molar-refractivity contribution in [2.75, 3.05) is 6.61 Å². The molecule has 0 aliphatic carbocycles. The van der Waals surface area contributed by atoms with Gasteiger partial charge in [-0.15, -0.1) is 0 Å². The largest absolute Gasteiger partial charge is 0.455 e. The van der Waals surface area contributed by atoms with Crippen LogP contribution >= 0.6 is 0 Å². The number of hydrogen-bond acceptors (Lipinski definition) is 5. The average Bonchev–Trinajstić information content (AvgIpc) is 2.67. The average molecular weight is 262 g/mol. The molecule has 2 bridgehead atoms. The Labute approximate surface area is 110 Å². The molecule has 19 heavy (non-hydrogen) atoms. The number of benzene rings is 1. The first kappa shape index (κ1) is 11.4. The fourth-order valence-corrected chi connectivity index (χ4v) is 3.03. The molecule has 1 aromatic rings. The summed E-state index contributed by atoms with van der Waals surface area (Å²) in [7, 11) is 0. The van der Waals surface area contributed by atoms with Gasteiger partial charge in [0.05, 0.1) is 12.2 Å². The van der Waals surface area contributed by atoms with Crippen molar-refractivity contribution in [1.29, 1.82) is 0 Å². The van der Waals surface area contributed by atoms with E-state index in [1.807, 2.05) is 25.1 Å². The monoisotopic (exact) mass is 262 g/mol. The molecule has 4 aliphatic rings. The number of fused-ring (bicyclic) bond motifs is 4. The zero-order valence-electron chi connectivity index (χ0n) is 10.5. The zero-order chi connectivity index (χ0) is 13.1. The molecule has 3 saturated heterocycles. The normalized spacial score (nSPS) is 40.1. The first-order chi connectivity index (χ1) is 9.13. The Balaban J connectivity index is 1.89. The maximum atomic E-state index is 12.0. The van der Waals surface area contributed by atoms with Gasteiger partial charge >= 0.3 is 5.97 Å². The van der Waals surface area contributed by atoms with Crippen molar-refractivity contribution in [3.05, 3.63) is 35.4 Å². The smallest absolute Gasteiger partial charge is 0.338 e. The van der Waals surface area contributed by atoms with E-state index < -0.39 is 11.4 Å². The van der Waals surface area contributed by atoms with Crippen LogP contribution in [0.25, 0.3) is 0 Å². The second-order valence-electron chi connectivity index (χ2n) is 5.46. The summed E-state index contributed by atoms with van der Waals surface area (Å²) >= 11 is 0. The number of esters is 1. The van der Waals surface area contributed by atoms with Crippen molar-refractivity contribution in [1.82, 2.24) is 0 Å². The van der Waals surface area contributed by atoms with Gasteiger partial charge in [-0.2, -0.15) is 0 Å². The minimum Gasteiger partial charge on any atom is -0.455 e. The molecule has 4 heterocycles. The summed E-state index contributed by atoms with van der Waals surface area (Å²) < 4.78 is 11.3. The molecule has 0 aromatic heterocycles. The fourth-order valence-electron chi connectivity index (χ4n) is 3.03. The minimum absolute atomic E-state index is 0.301. The molecule has 1 aromatic carbocycles. The van der Waals surface area contributed by atoms with Crippen LogP contribution in [0.5, 0.6) is 0 Å². The number of carbonyl (C=O) groups is 1. The van der Waals surface area contributed by atoms with Crippen LogP contribution in [0.3, 0.4) is 0 Å². The first-order valence-corrected chi connectivity index (χ1v) is 6.44. The summed E-state index contributed by atoms with van der Waals surface area (Å²) in [6, 6.07) is 7.31. The standard InChI is InChI=1S/C14H14O5/c1-13-7-6-11-14(8-16-13,19-18-13)10-5-3-2-4-9(10)12(15)17-11/h2-5,11H,6-8H2,1H3/t11-,13-,14+/m1/s1. The van der Waals surface area contributed by atoms with Gasteiger partial charge in [-0.1, -0.05) is 18.2 Å². The molecule has 0 unspecified atom stereocenters. The quantitative estimate of drug-likeness (QED) is 0.528. The number of hydrogen-bond donors (Lipinski definition) is 0. The summed E-state index contributed by atoms with van der Waals surface area (Å²) in [6.45, 7) is 2.17. The highest BCUT2D eigenvalue weighted by molar-refractivity contribution is 5.93. The molecule has 100 valence electrons. The summed E-state index contributed by atoms with van der Waals surface area (Å²) in [5, 5.41) is 0. The third kappa shape index (κ3) is 1.43. The van der Waals surface area contributed by atoms with Gasteiger partial charge in [0.1, 0.15) is 6.10 Å². The highest BCUT2D eigenvalue weighted by atomic mass is 17.3. The fraction of sp³-hybridized carbons (Fsp3) is 0.500. The van der Waals surface area contributed by atoms with Crippen molar-refractivity contribution in [2.45, 2.75) is 37.3 Å². The molecule has 1 spiro atoms. The zero-order valence-corrected chi connectivity index (χ0v) is 10.5. The van der Waals surface area contributed by atoms with Crippen LogP contribution in [0.15, 0.2) is 24.3 Å². The molecule has 5 nitrogen and oxygen atoms in total. The molecular formula is C14H14O5. The van der Waals surface area contributed by atoms with E-state index >= 15 is 0 Å². The van der Waals surface area contributed by atoms with Crippen LogP contribution in [0.1, 0.15) is 35.7 Å². The topological polar surface area (TPSA) is 54.0 Å². The van der Waals surface area contributed by atoms with Gasteiger partial charge in [0.15, 0.2) is 11.4 Å². The van der Waals surface area contributed by atoms with E-state index in [9.17, 15) is 4.79 Å². The van der Waals surface area contributed by atoms with Crippen LogP contribution in [-0.4, -0.2) is 24.5 Å². The van der Waals surface area contributed by atoms with E-state index in [2.05, 4.69) is 0 Å². The van der Waals surface area contributed by atoms with Gasteiger partial charge in [-0.25, -0.2) is 14.6 Å². The first-order valence-electron chi connectivity index (χ1n) is 6.44. The molecule has 3 fully saturated rings. The molecule has 4 aliphatic heterocycles. The lowest BCUT2D eigenvalue weighted by Gasteiger charge is -2.44. The molecule has 0 radical (unpaired) electrons. The van der Waals surface area contributed by atoms with Crippen molar-refractivity contribution < 1.29 is 24.0 Å². The molecule has 0 saturated carbocycles. The van der Waals surface area contributed by atoms with Gasteiger partial charge in [0.2, 0.25) is 0 Å². The number of rotatable bonds is 0. The Morgan fingerprint density at radius 3 is 2.89 bits per heavy atom. The van der Waals surface area contributed by atoms with E-state index in [-0.39, 0.29) is 12.1 Å². The lowest BCUT2D eigenvalue weighted by Crippen LogP contribution is -2.54. The van der Waals surface area contributed by atoms with Crippen molar-refractivity contribution in [2.24, 2.45) is 0 Å². The van der Waals surface area contributed by atoms with Gasteiger partial charge in [0.25, 0.3) is 0 Å². The summed E-state index contributed by atoms with van der Waals surface area (Å²) in [5.74, 6) is -1.05. The van der Waals surface area contributed by atoms with E-state index in [0.29, 0.717) is 25.0 Å². The molecule has 5 heteroatoms. The Bertz CT molecular complexity index is 545. The lowest BCUT2D eigenvalue weighted by atomic mass is 9.82. The van der Waals surface area contributed by atoms with Gasteiger partial charge in [-0.3, -0.25) is 0 Å². The predicted molar refractivity (Wildman–Crippen MR) is 63.1 cm³/mol. The Morgan fingerprint density at radius 1 is 1.26 bits per heavy atom. The Kier molecular flexibility index (Phi) is 2.14. The summed E-state index contributed by atoms with van der Waals surface area (Å²) in [6.07, 6.45) is 0.935. The van der Waals surface area contributed by atoms with Crippen molar-refractivity contribution >= 4 is 5.97 Å². The van der Waals surface area contributed by atoms with Gasteiger partial charge in [0, 0.05) is 12.0 Å². The highest BCUT2D eigenvalue weighted by Crippen LogP contribution is 2.48. The highest BCUT2D eigenvalue weighted by Gasteiger charge is 2.59. The minimum atomic E-state index is -0.833. The Hall–Kier alpha value is -1.43. The van der Waals surface area contributed by atoms with Gasteiger partial charge in [-0.05, 0) is 19.4 Å². The third-order valence-corrected chi connectivity index (χ3v) is 4.19. The third-order valence-electron chi connectivity index (χ3n) is 4.19. The molecular weight excluding hydrogens is 248 g/mol. The van der Waals surface area contributed by atoms with Crippen LogP contribution < -0.4 is 0 Å². The van der Waals surface area contributed by atoms with E-state index in [1.165, 1.54) is 0 Å².